The van der Waals surface area contributed by atoms with E-state index < -0.39 is 15.4 Å². The standard InChI is InChI=1S/C14H15Cl2NO3S/c1-14(6-7-21(19,20)9-14)17-13(18)5-3-10-2-4-11(15)12(16)8-10/h2-5,8H,6-7,9H2,1H3,(H,17,18)/b5-3+. The average Bonchev–Trinajstić information content (AvgIpc) is 2.65. The highest BCUT2D eigenvalue weighted by molar-refractivity contribution is 7.91. The smallest absolute Gasteiger partial charge is 0.244 e. The largest absolute Gasteiger partial charge is 0.346 e. The summed E-state index contributed by atoms with van der Waals surface area (Å²) in [5, 5.41) is 3.60. The van der Waals surface area contributed by atoms with Gasteiger partial charge in [-0.25, -0.2) is 8.42 Å². The van der Waals surface area contributed by atoms with Crippen molar-refractivity contribution in [1.29, 1.82) is 0 Å². The van der Waals surface area contributed by atoms with Gasteiger partial charge in [0.2, 0.25) is 5.91 Å². The summed E-state index contributed by atoms with van der Waals surface area (Å²) < 4.78 is 23.0. The summed E-state index contributed by atoms with van der Waals surface area (Å²) in [5.74, 6) is -0.243. The van der Waals surface area contributed by atoms with Gasteiger partial charge >= 0.3 is 0 Å². The lowest BCUT2D eigenvalue weighted by Crippen LogP contribution is -2.46. The van der Waals surface area contributed by atoms with Crippen LogP contribution < -0.4 is 5.32 Å². The molecule has 4 nitrogen and oxygen atoms in total. The molecule has 0 aromatic heterocycles. The number of hydrogen-bond acceptors (Lipinski definition) is 3. The molecule has 0 aliphatic carbocycles. The Morgan fingerprint density at radius 1 is 1.33 bits per heavy atom. The zero-order valence-electron chi connectivity index (χ0n) is 11.4. The molecule has 1 fully saturated rings. The molecule has 1 heterocycles. The lowest BCUT2D eigenvalue weighted by molar-refractivity contribution is -0.117. The monoisotopic (exact) mass is 347 g/mol. The van der Waals surface area contributed by atoms with E-state index in [0.29, 0.717) is 16.5 Å². The molecule has 114 valence electrons. The second-order valence-corrected chi connectivity index (χ2v) is 8.40. The topological polar surface area (TPSA) is 63.2 Å². The van der Waals surface area contributed by atoms with Crippen LogP contribution in [0.5, 0.6) is 0 Å². The van der Waals surface area contributed by atoms with E-state index in [1.165, 1.54) is 6.08 Å². The molecule has 0 radical (unpaired) electrons. The van der Waals surface area contributed by atoms with E-state index in [4.69, 9.17) is 23.2 Å². The third-order valence-corrected chi connectivity index (χ3v) is 5.94. The van der Waals surface area contributed by atoms with Crippen LogP contribution in [0.4, 0.5) is 0 Å². The number of carbonyl (C=O) groups is 1. The number of benzene rings is 1. The fraction of sp³-hybridized carbons (Fsp3) is 0.357. The van der Waals surface area contributed by atoms with Gasteiger partial charge in [-0.3, -0.25) is 4.79 Å². The molecule has 7 heteroatoms. The van der Waals surface area contributed by atoms with E-state index in [9.17, 15) is 13.2 Å². The van der Waals surface area contributed by atoms with Crippen molar-refractivity contribution in [2.75, 3.05) is 11.5 Å². The van der Waals surface area contributed by atoms with E-state index in [1.807, 2.05) is 0 Å². The predicted octanol–water partition coefficient (Wildman–Crippen LogP) is 2.70. The van der Waals surface area contributed by atoms with Crippen molar-refractivity contribution in [3.63, 3.8) is 0 Å². The van der Waals surface area contributed by atoms with Crippen molar-refractivity contribution >= 4 is 45.0 Å². The molecular weight excluding hydrogens is 333 g/mol. The number of rotatable bonds is 3. The summed E-state index contributed by atoms with van der Waals surface area (Å²) >= 11 is 11.7. The lowest BCUT2D eigenvalue weighted by Gasteiger charge is -2.22. The second kappa shape index (κ2) is 5.99. The maximum absolute atomic E-state index is 11.9. The van der Waals surface area contributed by atoms with E-state index in [2.05, 4.69) is 5.32 Å². The summed E-state index contributed by atoms with van der Waals surface area (Å²) in [6.45, 7) is 1.74. The Bertz CT molecular complexity index is 700. The lowest BCUT2D eigenvalue weighted by atomic mass is 10.0. The van der Waals surface area contributed by atoms with Crippen molar-refractivity contribution in [3.8, 4) is 0 Å². The molecular formula is C14H15Cl2NO3S. The molecule has 1 aliphatic heterocycles. The Kier molecular flexibility index (Phi) is 4.66. The third-order valence-electron chi connectivity index (χ3n) is 3.30. The molecule has 0 saturated carbocycles. The van der Waals surface area contributed by atoms with Gasteiger partial charge in [0.1, 0.15) is 0 Å². The Morgan fingerprint density at radius 3 is 2.62 bits per heavy atom. The summed E-state index contributed by atoms with van der Waals surface area (Å²) in [7, 11) is -3.05. The summed E-state index contributed by atoms with van der Waals surface area (Å²) in [6.07, 6.45) is 3.39. The highest BCUT2D eigenvalue weighted by atomic mass is 35.5. The summed E-state index contributed by atoms with van der Waals surface area (Å²) in [5.41, 5.74) is 0.0431. The zero-order chi connectivity index (χ0) is 15.7. The van der Waals surface area contributed by atoms with E-state index in [0.717, 1.165) is 5.56 Å². The number of carbonyl (C=O) groups excluding carboxylic acids is 1. The minimum Gasteiger partial charge on any atom is -0.346 e. The van der Waals surface area contributed by atoms with Crippen LogP contribution in [0.1, 0.15) is 18.9 Å². The summed E-state index contributed by atoms with van der Waals surface area (Å²) in [6, 6.07) is 5.03. The molecule has 1 aliphatic rings. The van der Waals surface area contributed by atoms with Gasteiger partial charge < -0.3 is 5.32 Å². The van der Waals surface area contributed by atoms with Crippen molar-refractivity contribution in [3.05, 3.63) is 39.9 Å². The van der Waals surface area contributed by atoms with Crippen LogP contribution in [0.25, 0.3) is 6.08 Å². The normalized spacial score (nSPS) is 24.3. The van der Waals surface area contributed by atoms with Crippen LogP contribution in [0.2, 0.25) is 10.0 Å². The van der Waals surface area contributed by atoms with Crippen LogP contribution >= 0.6 is 23.2 Å². The minimum absolute atomic E-state index is 0.0215. The second-order valence-electron chi connectivity index (χ2n) is 5.40. The minimum atomic E-state index is -3.05. The van der Waals surface area contributed by atoms with Crippen molar-refractivity contribution in [1.82, 2.24) is 5.32 Å². The van der Waals surface area contributed by atoms with Crippen molar-refractivity contribution < 1.29 is 13.2 Å². The van der Waals surface area contributed by atoms with Crippen LogP contribution in [0, 0.1) is 0 Å². The van der Waals surface area contributed by atoms with Crippen LogP contribution in [0.15, 0.2) is 24.3 Å². The van der Waals surface area contributed by atoms with Gasteiger partial charge in [-0.05, 0) is 37.1 Å². The molecule has 1 atom stereocenters. The molecule has 1 aromatic rings. The van der Waals surface area contributed by atoms with Gasteiger partial charge in [-0.15, -0.1) is 0 Å². The average molecular weight is 348 g/mol. The zero-order valence-corrected chi connectivity index (χ0v) is 13.7. The number of hydrogen-bond donors (Lipinski definition) is 1. The Hall–Kier alpha value is -1.04. The van der Waals surface area contributed by atoms with Crippen LogP contribution in [-0.2, 0) is 14.6 Å². The van der Waals surface area contributed by atoms with Gasteiger partial charge in [0.05, 0.1) is 27.1 Å². The van der Waals surface area contributed by atoms with E-state index >= 15 is 0 Å². The molecule has 1 saturated heterocycles. The van der Waals surface area contributed by atoms with Gasteiger partial charge in [0, 0.05) is 6.08 Å². The first-order valence-electron chi connectivity index (χ1n) is 6.35. The van der Waals surface area contributed by atoms with E-state index in [1.54, 1.807) is 31.2 Å². The summed E-state index contributed by atoms with van der Waals surface area (Å²) in [4.78, 5) is 11.9. The molecule has 21 heavy (non-hydrogen) atoms. The maximum atomic E-state index is 11.9. The first kappa shape index (κ1) is 16.3. The fourth-order valence-electron chi connectivity index (χ4n) is 2.24. The Morgan fingerprint density at radius 2 is 2.05 bits per heavy atom. The fourth-order valence-corrected chi connectivity index (χ4v) is 4.64. The van der Waals surface area contributed by atoms with Crippen molar-refractivity contribution in [2.45, 2.75) is 18.9 Å². The highest BCUT2D eigenvalue weighted by Crippen LogP contribution is 2.24. The molecule has 0 bridgehead atoms. The number of halogens is 2. The molecule has 1 aromatic carbocycles. The SMILES string of the molecule is CC1(NC(=O)/C=C/c2ccc(Cl)c(Cl)c2)CCS(=O)(=O)C1. The Labute approximate surface area is 134 Å². The quantitative estimate of drug-likeness (QED) is 0.855. The molecule has 2 rings (SSSR count). The first-order chi connectivity index (χ1) is 9.69. The highest BCUT2D eigenvalue weighted by Gasteiger charge is 2.38. The maximum Gasteiger partial charge on any atom is 0.244 e. The van der Waals surface area contributed by atoms with E-state index in [-0.39, 0.29) is 17.4 Å². The predicted molar refractivity (Wildman–Crippen MR) is 85.3 cm³/mol. The first-order valence-corrected chi connectivity index (χ1v) is 8.93. The van der Waals surface area contributed by atoms with Crippen LogP contribution in [-0.4, -0.2) is 31.4 Å². The van der Waals surface area contributed by atoms with Crippen LogP contribution in [0.3, 0.4) is 0 Å². The third kappa shape index (κ3) is 4.46. The van der Waals surface area contributed by atoms with Gasteiger partial charge in [-0.1, -0.05) is 29.3 Å². The van der Waals surface area contributed by atoms with Crippen molar-refractivity contribution in [2.24, 2.45) is 0 Å². The molecule has 1 unspecified atom stereocenters. The molecule has 1 N–H and O–H groups in total. The van der Waals surface area contributed by atoms with Gasteiger partial charge in [0.15, 0.2) is 9.84 Å². The van der Waals surface area contributed by atoms with Gasteiger partial charge in [0.25, 0.3) is 0 Å². The number of sulfone groups is 1. The number of amides is 1. The Balaban J connectivity index is 2.01. The van der Waals surface area contributed by atoms with Gasteiger partial charge in [-0.2, -0.15) is 0 Å². The molecule has 0 spiro atoms. The molecule has 1 amide bonds. The number of nitrogens with one attached hydrogen (secondary N) is 1.